The number of hydrogen-bond acceptors (Lipinski definition) is 3. The van der Waals surface area contributed by atoms with Crippen LogP contribution in [0.1, 0.15) is 5.56 Å². The van der Waals surface area contributed by atoms with Crippen LogP contribution in [0.4, 0.5) is 0 Å². The van der Waals surface area contributed by atoms with Crippen molar-refractivity contribution in [3.05, 3.63) is 45.8 Å². The van der Waals surface area contributed by atoms with Gasteiger partial charge in [-0.3, -0.25) is 0 Å². The van der Waals surface area contributed by atoms with E-state index in [0.717, 1.165) is 15.4 Å². The Labute approximate surface area is 109 Å². The van der Waals surface area contributed by atoms with E-state index in [2.05, 4.69) is 15.9 Å². The van der Waals surface area contributed by atoms with E-state index in [1.807, 2.05) is 24.3 Å². The number of benzene rings is 1. The molecule has 1 N–H and O–H groups in total. The Morgan fingerprint density at radius 2 is 1.94 bits per heavy atom. The Balaban J connectivity index is 2.14. The first-order chi connectivity index (χ1) is 7.96. The molecule has 0 amide bonds. The molecule has 1 aromatic carbocycles. The van der Waals surface area contributed by atoms with E-state index in [1.54, 1.807) is 0 Å². The van der Waals surface area contributed by atoms with Gasteiger partial charge in [0.25, 0.3) is 0 Å². The van der Waals surface area contributed by atoms with Gasteiger partial charge in [-0.2, -0.15) is 0 Å². The summed E-state index contributed by atoms with van der Waals surface area (Å²) >= 11 is 3.34. The molecular weight excluding hydrogens is 304 g/mol. The molecule has 0 saturated carbocycles. The standard InChI is InChI=1S/C12H13BrO3S/c13-11-3-1-9(2-4-11)7-10-8-17(15,16)6-5-12(10)14/h1-6,10,12,14H,7-8H2/t10-,12+/m1/s1. The van der Waals surface area contributed by atoms with Gasteiger partial charge in [0.05, 0.1) is 11.9 Å². The summed E-state index contributed by atoms with van der Waals surface area (Å²) in [5.41, 5.74) is 1.03. The predicted molar refractivity (Wildman–Crippen MR) is 70.3 cm³/mol. The van der Waals surface area contributed by atoms with Crippen molar-refractivity contribution in [2.24, 2.45) is 5.92 Å². The fourth-order valence-corrected chi connectivity index (χ4v) is 3.60. The first-order valence-corrected chi connectivity index (χ1v) is 7.80. The van der Waals surface area contributed by atoms with Crippen LogP contribution >= 0.6 is 15.9 Å². The Bertz CT molecular complexity index is 519. The van der Waals surface area contributed by atoms with Crippen LogP contribution in [0.25, 0.3) is 0 Å². The molecule has 0 fully saturated rings. The van der Waals surface area contributed by atoms with Gasteiger partial charge in [0.2, 0.25) is 0 Å². The van der Waals surface area contributed by atoms with E-state index < -0.39 is 15.9 Å². The van der Waals surface area contributed by atoms with Crippen LogP contribution < -0.4 is 0 Å². The first-order valence-electron chi connectivity index (χ1n) is 5.30. The molecule has 17 heavy (non-hydrogen) atoms. The second kappa shape index (κ2) is 4.92. The third kappa shape index (κ3) is 3.40. The number of halogens is 1. The zero-order valence-electron chi connectivity index (χ0n) is 9.08. The van der Waals surface area contributed by atoms with E-state index in [0.29, 0.717) is 6.42 Å². The maximum absolute atomic E-state index is 11.4. The van der Waals surface area contributed by atoms with E-state index in [4.69, 9.17) is 0 Å². The summed E-state index contributed by atoms with van der Waals surface area (Å²) in [5, 5.41) is 10.9. The molecule has 3 nitrogen and oxygen atoms in total. The number of hydrogen-bond donors (Lipinski definition) is 1. The lowest BCUT2D eigenvalue weighted by atomic mass is 9.95. The van der Waals surface area contributed by atoms with Gasteiger partial charge in [-0.05, 0) is 30.2 Å². The third-order valence-corrected chi connectivity index (χ3v) is 4.82. The Morgan fingerprint density at radius 3 is 2.59 bits per heavy atom. The van der Waals surface area contributed by atoms with Crippen LogP contribution in [0.15, 0.2) is 40.2 Å². The minimum atomic E-state index is -3.14. The molecule has 1 heterocycles. The second-order valence-electron chi connectivity index (χ2n) is 4.24. The topological polar surface area (TPSA) is 54.4 Å². The molecule has 0 bridgehead atoms. The van der Waals surface area contributed by atoms with Crippen molar-refractivity contribution in [1.29, 1.82) is 0 Å². The summed E-state index contributed by atoms with van der Waals surface area (Å²) in [4.78, 5) is 0. The predicted octanol–water partition coefficient (Wildman–Crippen LogP) is 1.91. The fourth-order valence-electron chi connectivity index (χ4n) is 1.91. The lowest BCUT2D eigenvalue weighted by Crippen LogP contribution is -2.31. The van der Waals surface area contributed by atoms with Crippen molar-refractivity contribution in [2.45, 2.75) is 12.5 Å². The van der Waals surface area contributed by atoms with Crippen molar-refractivity contribution >= 4 is 25.8 Å². The summed E-state index contributed by atoms with van der Waals surface area (Å²) in [6.45, 7) is 0. The number of aliphatic hydroxyl groups excluding tert-OH is 1. The number of rotatable bonds is 2. The number of sulfone groups is 1. The van der Waals surface area contributed by atoms with Crippen molar-refractivity contribution in [3.8, 4) is 0 Å². The van der Waals surface area contributed by atoms with Gasteiger partial charge in [-0.1, -0.05) is 28.1 Å². The van der Waals surface area contributed by atoms with E-state index in [9.17, 15) is 13.5 Å². The number of aliphatic hydroxyl groups is 1. The summed E-state index contributed by atoms with van der Waals surface area (Å²) in [6.07, 6.45) is 1.25. The molecule has 2 atom stereocenters. The van der Waals surface area contributed by atoms with Crippen LogP contribution in [0, 0.1) is 5.92 Å². The molecule has 0 unspecified atom stereocenters. The molecule has 1 aliphatic rings. The second-order valence-corrected chi connectivity index (χ2v) is 7.09. The molecule has 2 rings (SSSR count). The lowest BCUT2D eigenvalue weighted by Gasteiger charge is -2.23. The van der Waals surface area contributed by atoms with Gasteiger partial charge >= 0.3 is 0 Å². The average molecular weight is 317 g/mol. The summed E-state index contributed by atoms with van der Waals surface area (Å²) in [7, 11) is -3.14. The van der Waals surface area contributed by atoms with Crippen LogP contribution in [-0.4, -0.2) is 25.4 Å². The average Bonchev–Trinajstić information content (AvgIpc) is 2.26. The Morgan fingerprint density at radius 1 is 1.29 bits per heavy atom. The monoisotopic (exact) mass is 316 g/mol. The molecule has 0 spiro atoms. The highest BCUT2D eigenvalue weighted by Gasteiger charge is 2.27. The molecule has 0 aromatic heterocycles. The Hall–Kier alpha value is -0.650. The van der Waals surface area contributed by atoms with E-state index in [-0.39, 0.29) is 11.7 Å². The first kappa shape index (κ1) is 12.8. The van der Waals surface area contributed by atoms with Crippen LogP contribution in [-0.2, 0) is 16.3 Å². The van der Waals surface area contributed by atoms with Crippen molar-refractivity contribution in [2.75, 3.05) is 5.75 Å². The SMILES string of the molecule is O=S1(=O)C=C[C@H](O)[C@H](Cc2ccc(Br)cc2)C1. The highest BCUT2D eigenvalue weighted by molar-refractivity contribution is 9.10. The van der Waals surface area contributed by atoms with Crippen LogP contribution in [0.5, 0.6) is 0 Å². The van der Waals surface area contributed by atoms with Gasteiger partial charge < -0.3 is 5.11 Å². The van der Waals surface area contributed by atoms with Gasteiger partial charge in [0, 0.05) is 15.8 Å². The highest BCUT2D eigenvalue weighted by atomic mass is 79.9. The summed E-state index contributed by atoms with van der Waals surface area (Å²) < 4.78 is 23.9. The maximum atomic E-state index is 11.4. The molecule has 5 heteroatoms. The van der Waals surface area contributed by atoms with E-state index in [1.165, 1.54) is 6.08 Å². The smallest absolute Gasteiger partial charge is 0.171 e. The fraction of sp³-hybridized carbons (Fsp3) is 0.333. The minimum absolute atomic E-state index is 0.0146. The maximum Gasteiger partial charge on any atom is 0.171 e. The Kier molecular flexibility index (Phi) is 3.70. The molecule has 0 radical (unpaired) electrons. The quantitative estimate of drug-likeness (QED) is 0.906. The molecule has 0 aliphatic carbocycles. The third-order valence-electron chi connectivity index (χ3n) is 2.82. The largest absolute Gasteiger partial charge is 0.389 e. The molecule has 0 saturated heterocycles. The van der Waals surface area contributed by atoms with Gasteiger partial charge in [0.15, 0.2) is 9.84 Å². The zero-order valence-corrected chi connectivity index (χ0v) is 11.5. The molecule has 92 valence electrons. The lowest BCUT2D eigenvalue weighted by molar-refractivity contribution is 0.162. The summed E-state index contributed by atoms with van der Waals surface area (Å²) in [6, 6.07) is 7.69. The van der Waals surface area contributed by atoms with Crippen molar-refractivity contribution in [3.63, 3.8) is 0 Å². The molecule has 1 aromatic rings. The van der Waals surface area contributed by atoms with Crippen molar-refractivity contribution in [1.82, 2.24) is 0 Å². The highest BCUT2D eigenvalue weighted by Crippen LogP contribution is 2.22. The van der Waals surface area contributed by atoms with E-state index >= 15 is 0 Å². The zero-order chi connectivity index (χ0) is 12.5. The van der Waals surface area contributed by atoms with Crippen molar-refractivity contribution < 1.29 is 13.5 Å². The molecular formula is C12H13BrO3S. The summed E-state index contributed by atoms with van der Waals surface area (Å²) in [5.74, 6) is -0.244. The minimum Gasteiger partial charge on any atom is -0.389 e. The molecule has 1 aliphatic heterocycles. The van der Waals surface area contributed by atoms with Gasteiger partial charge in [-0.15, -0.1) is 0 Å². The normalized spacial score (nSPS) is 26.9. The van der Waals surface area contributed by atoms with Gasteiger partial charge in [-0.25, -0.2) is 8.42 Å². The van der Waals surface area contributed by atoms with Crippen LogP contribution in [0.3, 0.4) is 0 Å². The van der Waals surface area contributed by atoms with Crippen LogP contribution in [0.2, 0.25) is 0 Å². The van der Waals surface area contributed by atoms with Gasteiger partial charge in [0.1, 0.15) is 0 Å².